The molecule has 5 nitrogen and oxygen atoms in total. The Balaban J connectivity index is 1.77. The van der Waals surface area contributed by atoms with Gasteiger partial charge in [0.05, 0.1) is 23.4 Å². The summed E-state index contributed by atoms with van der Waals surface area (Å²) in [7, 11) is 1.52. The Morgan fingerprint density at radius 3 is 2.35 bits per heavy atom. The first-order valence-electron chi connectivity index (χ1n) is 9.50. The molecule has 0 N–H and O–H groups in total. The number of nitrogens with zero attached hydrogens (tertiary/aromatic N) is 2. The molecule has 1 heterocycles. The van der Waals surface area contributed by atoms with E-state index in [9.17, 15) is 4.79 Å². The second-order valence-electron chi connectivity index (χ2n) is 6.61. The minimum atomic E-state index is -0.521. The van der Waals surface area contributed by atoms with Crippen LogP contribution in [0.4, 0.5) is 0 Å². The number of hydrogen-bond acceptors (Lipinski definition) is 5. The van der Waals surface area contributed by atoms with Gasteiger partial charge in [0, 0.05) is 9.92 Å². The van der Waals surface area contributed by atoms with Crippen molar-refractivity contribution in [2.45, 2.75) is 16.7 Å². The lowest BCUT2D eigenvalue weighted by Crippen LogP contribution is -2.13. The number of carbonyl (C=O) groups excluding carboxylic acids is 1. The number of ether oxygens (including phenoxy) is 2. The first-order valence-corrected chi connectivity index (χ1v) is 10.7. The molecule has 0 bridgehead atoms. The zero-order chi connectivity index (χ0) is 21.8. The highest BCUT2D eigenvalue weighted by Gasteiger charge is 2.24. The van der Waals surface area contributed by atoms with E-state index in [1.165, 1.54) is 18.9 Å². The second-order valence-corrected chi connectivity index (χ2v) is 8.13. The fraction of sp³-hybridized carbons (Fsp3) is 0.0833. The Morgan fingerprint density at radius 1 is 0.968 bits per heavy atom. The summed E-state index contributed by atoms with van der Waals surface area (Å²) in [6, 6.07) is 24.0. The van der Waals surface area contributed by atoms with Crippen LogP contribution in [0, 0.1) is 6.92 Å². The highest BCUT2D eigenvalue weighted by atomic mass is 35.5. The van der Waals surface area contributed by atoms with Crippen LogP contribution in [0.25, 0.3) is 5.69 Å². The van der Waals surface area contributed by atoms with Crippen LogP contribution in [0.1, 0.15) is 16.1 Å². The smallest absolute Gasteiger partial charge is 0.348 e. The van der Waals surface area contributed by atoms with Crippen molar-refractivity contribution in [2.24, 2.45) is 0 Å². The summed E-state index contributed by atoms with van der Waals surface area (Å²) in [5.41, 5.74) is 1.87. The van der Waals surface area contributed by atoms with Gasteiger partial charge in [-0.05, 0) is 55.5 Å². The number of carbonyl (C=O) groups is 1. The molecule has 7 heteroatoms. The molecule has 0 amide bonds. The molecule has 0 radical (unpaired) electrons. The van der Waals surface area contributed by atoms with Gasteiger partial charge in [-0.25, -0.2) is 4.79 Å². The molecule has 0 aliphatic heterocycles. The fourth-order valence-electron chi connectivity index (χ4n) is 3.02. The fourth-order valence-corrected chi connectivity index (χ4v) is 4.06. The third-order valence-corrected chi connectivity index (χ3v) is 5.95. The maximum absolute atomic E-state index is 13.1. The van der Waals surface area contributed by atoms with Crippen molar-refractivity contribution in [3.05, 3.63) is 95.1 Å². The number of hydrogen-bond donors (Lipinski definition) is 0. The number of aromatic nitrogens is 2. The molecule has 0 atom stereocenters. The van der Waals surface area contributed by atoms with E-state index in [1.807, 2.05) is 61.5 Å². The molecule has 0 fully saturated rings. The highest BCUT2D eigenvalue weighted by molar-refractivity contribution is 7.99. The van der Waals surface area contributed by atoms with Crippen molar-refractivity contribution in [1.82, 2.24) is 9.78 Å². The van der Waals surface area contributed by atoms with Crippen molar-refractivity contribution >= 4 is 29.3 Å². The summed E-state index contributed by atoms with van der Waals surface area (Å²) >= 11 is 7.48. The van der Waals surface area contributed by atoms with Crippen LogP contribution in [0.5, 0.6) is 11.6 Å². The number of esters is 1. The zero-order valence-electron chi connectivity index (χ0n) is 16.9. The third-order valence-electron chi connectivity index (χ3n) is 4.52. The normalized spacial score (nSPS) is 10.7. The summed E-state index contributed by atoms with van der Waals surface area (Å²) in [6.45, 7) is 1.89. The zero-order valence-corrected chi connectivity index (χ0v) is 18.5. The van der Waals surface area contributed by atoms with Crippen LogP contribution in [0.15, 0.2) is 88.7 Å². The highest BCUT2D eigenvalue weighted by Crippen LogP contribution is 2.39. The van der Waals surface area contributed by atoms with Gasteiger partial charge in [-0.1, -0.05) is 53.7 Å². The Morgan fingerprint density at radius 2 is 1.65 bits per heavy atom. The van der Waals surface area contributed by atoms with E-state index >= 15 is 0 Å². The molecule has 0 aliphatic carbocycles. The molecule has 4 aromatic rings. The van der Waals surface area contributed by atoms with Gasteiger partial charge in [-0.2, -0.15) is 9.78 Å². The van der Waals surface area contributed by atoms with Gasteiger partial charge in [-0.15, -0.1) is 0 Å². The number of aryl methyl sites for hydroxylation is 1. The van der Waals surface area contributed by atoms with Crippen molar-refractivity contribution in [3.63, 3.8) is 0 Å². The van der Waals surface area contributed by atoms with E-state index in [-0.39, 0.29) is 0 Å². The van der Waals surface area contributed by atoms with E-state index < -0.39 is 5.97 Å². The monoisotopic (exact) mass is 450 g/mol. The lowest BCUT2D eigenvalue weighted by molar-refractivity contribution is 0.0715. The van der Waals surface area contributed by atoms with E-state index in [1.54, 1.807) is 28.9 Å². The second kappa shape index (κ2) is 9.29. The summed E-state index contributed by atoms with van der Waals surface area (Å²) in [6.07, 6.45) is 0. The van der Waals surface area contributed by atoms with Crippen molar-refractivity contribution < 1.29 is 14.3 Å². The molecule has 3 aromatic carbocycles. The van der Waals surface area contributed by atoms with Gasteiger partial charge in [0.1, 0.15) is 11.3 Å². The molecule has 0 saturated carbocycles. The van der Waals surface area contributed by atoms with Crippen LogP contribution in [-0.2, 0) is 0 Å². The topological polar surface area (TPSA) is 53.4 Å². The molecule has 0 unspecified atom stereocenters. The Kier molecular flexibility index (Phi) is 6.30. The van der Waals surface area contributed by atoms with E-state index in [2.05, 4.69) is 5.10 Å². The number of benzene rings is 3. The van der Waals surface area contributed by atoms with Crippen LogP contribution in [-0.4, -0.2) is 22.9 Å². The summed E-state index contributed by atoms with van der Waals surface area (Å²) in [4.78, 5) is 14.8. The molecule has 4 rings (SSSR count). The molecular weight excluding hydrogens is 432 g/mol. The summed E-state index contributed by atoms with van der Waals surface area (Å²) in [5, 5.41) is 5.30. The maximum atomic E-state index is 13.1. The number of para-hydroxylation sites is 2. The molecule has 1 aromatic heterocycles. The standard InChI is InChI=1S/C24H19ClN2O3S/c1-16-22(31-19-14-12-17(25)13-15-19)23(27(26-16)18-8-4-3-5-9-18)30-24(28)20-10-6-7-11-21(20)29-2/h3-15H,1-2H3. The predicted molar refractivity (Wildman–Crippen MR) is 122 cm³/mol. The van der Waals surface area contributed by atoms with Crippen molar-refractivity contribution in [2.75, 3.05) is 7.11 Å². The van der Waals surface area contributed by atoms with E-state index in [0.29, 0.717) is 22.2 Å². The molecule has 0 saturated heterocycles. The van der Waals surface area contributed by atoms with Gasteiger partial charge >= 0.3 is 5.97 Å². The number of rotatable bonds is 6. The molecular formula is C24H19ClN2O3S. The van der Waals surface area contributed by atoms with E-state index in [4.69, 9.17) is 21.1 Å². The van der Waals surface area contributed by atoms with Crippen LogP contribution in [0.3, 0.4) is 0 Å². The molecule has 0 spiro atoms. The van der Waals surface area contributed by atoms with Crippen LogP contribution >= 0.6 is 23.4 Å². The predicted octanol–water partition coefficient (Wildman–Crippen LogP) is 6.21. The SMILES string of the molecule is COc1ccccc1C(=O)Oc1c(Sc2ccc(Cl)cc2)c(C)nn1-c1ccccc1. The maximum Gasteiger partial charge on any atom is 0.348 e. The van der Waals surface area contributed by atoms with Crippen molar-refractivity contribution in [3.8, 4) is 17.3 Å². The third kappa shape index (κ3) is 4.60. The van der Waals surface area contributed by atoms with Crippen LogP contribution in [0.2, 0.25) is 5.02 Å². The first-order chi connectivity index (χ1) is 15.1. The summed E-state index contributed by atoms with van der Waals surface area (Å²) < 4.78 is 12.9. The minimum absolute atomic E-state index is 0.339. The average molecular weight is 451 g/mol. The van der Waals surface area contributed by atoms with Gasteiger partial charge in [0.15, 0.2) is 0 Å². The number of methoxy groups -OCH3 is 1. The quantitative estimate of drug-likeness (QED) is 0.327. The largest absolute Gasteiger partial charge is 0.496 e. The average Bonchev–Trinajstić information content (AvgIpc) is 3.10. The lowest BCUT2D eigenvalue weighted by atomic mass is 10.2. The molecule has 0 aliphatic rings. The van der Waals surface area contributed by atoms with Gasteiger partial charge in [0.2, 0.25) is 5.88 Å². The Hall–Kier alpha value is -3.22. The van der Waals surface area contributed by atoms with Crippen molar-refractivity contribution in [1.29, 1.82) is 0 Å². The Bertz CT molecular complexity index is 1210. The van der Waals surface area contributed by atoms with E-state index in [0.717, 1.165) is 21.2 Å². The van der Waals surface area contributed by atoms with Gasteiger partial charge in [0.25, 0.3) is 0 Å². The van der Waals surface area contributed by atoms with Gasteiger partial charge in [-0.3, -0.25) is 0 Å². The Labute approximate surface area is 189 Å². The molecule has 156 valence electrons. The van der Waals surface area contributed by atoms with Gasteiger partial charge < -0.3 is 9.47 Å². The molecule has 31 heavy (non-hydrogen) atoms. The first kappa shape index (κ1) is 21.0. The number of halogens is 1. The summed E-state index contributed by atoms with van der Waals surface area (Å²) in [5.74, 6) is 0.272. The lowest BCUT2D eigenvalue weighted by Gasteiger charge is -2.12. The van der Waals surface area contributed by atoms with Crippen LogP contribution < -0.4 is 9.47 Å². The minimum Gasteiger partial charge on any atom is -0.496 e.